The Morgan fingerprint density at radius 2 is 1.86 bits per heavy atom. The van der Waals surface area contributed by atoms with Crippen molar-refractivity contribution in [3.05, 3.63) is 35.4 Å². The van der Waals surface area contributed by atoms with E-state index in [2.05, 4.69) is 45.0 Å². The molecule has 14 heavy (non-hydrogen) atoms. The van der Waals surface area contributed by atoms with Crippen molar-refractivity contribution < 1.29 is 0 Å². The molecule has 0 aliphatic rings. The normalized spacial score (nSPS) is 13.2. The van der Waals surface area contributed by atoms with Gasteiger partial charge in [0.25, 0.3) is 0 Å². The Bertz CT molecular complexity index is 278. The first kappa shape index (κ1) is 11.3. The largest absolute Gasteiger partial charge is 0.324 e. The summed E-state index contributed by atoms with van der Waals surface area (Å²) in [7, 11) is 0. The lowest BCUT2D eigenvalue weighted by atomic mass is 9.91. The van der Waals surface area contributed by atoms with Crippen molar-refractivity contribution in [1.29, 1.82) is 0 Å². The molecule has 0 heterocycles. The lowest BCUT2D eigenvalue weighted by molar-refractivity contribution is 0.510. The second kappa shape index (κ2) is 5.16. The number of hydrogen-bond acceptors (Lipinski definition) is 1. The maximum atomic E-state index is 6.17. The van der Waals surface area contributed by atoms with Gasteiger partial charge in [-0.05, 0) is 23.5 Å². The number of hydrogen-bond donors (Lipinski definition) is 1. The number of aryl methyl sites for hydroxylation is 1. The molecule has 0 spiro atoms. The van der Waals surface area contributed by atoms with E-state index in [1.165, 1.54) is 17.5 Å². The molecule has 0 aliphatic heterocycles. The average Bonchev–Trinajstić information content (AvgIpc) is 2.18. The molecule has 1 rings (SSSR count). The van der Waals surface area contributed by atoms with Gasteiger partial charge in [-0.15, -0.1) is 0 Å². The average molecular weight is 191 g/mol. The van der Waals surface area contributed by atoms with Gasteiger partial charge in [-0.1, -0.05) is 51.5 Å². The standard InChI is InChI=1S/C13H21N/c1-4-7-11-8-5-6-9-12(11)13(14)10(2)3/h5-6,8-10,13H,4,7,14H2,1-3H3. The molecule has 0 saturated heterocycles. The van der Waals surface area contributed by atoms with Gasteiger partial charge in [0.1, 0.15) is 0 Å². The van der Waals surface area contributed by atoms with E-state index < -0.39 is 0 Å². The van der Waals surface area contributed by atoms with Crippen molar-refractivity contribution >= 4 is 0 Å². The van der Waals surface area contributed by atoms with Crippen LogP contribution in [0.1, 0.15) is 44.4 Å². The summed E-state index contributed by atoms with van der Waals surface area (Å²) >= 11 is 0. The number of nitrogens with two attached hydrogens (primary N) is 1. The molecule has 0 aromatic heterocycles. The van der Waals surface area contributed by atoms with E-state index in [0.29, 0.717) is 5.92 Å². The summed E-state index contributed by atoms with van der Waals surface area (Å²) in [5.41, 5.74) is 8.91. The minimum absolute atomic E-state index is 0.178. The van der Waals surface area contributed by atoms with Crippen LogP contribution in [0.25, 0.3) is 0 Å². The van der Waals surface area contributed by atoms with Gasteiger partial charge in [0.05, 0.1) is 0 Å². The number of rotatable bonds is 4. The first-order chi connectivity index (χ1) is 6.66. The smallest absolute Gasteiger partial charge is 0.0320 e. The van der Waals surface area contributed by atoms with Crippen molar-refractivity contribution in [3.8, 4) is 0 Å². The molecule has 0 fully saturated rings. The molecule has 2 N–H and O–H groups in total. The van der Waals surface area contributed by atoms with Crippen LogP contribution in [0, 0.1) is 5.92 Å². The van der Waals surface area contributed by atoms with Gasteiger partial charge in [-0.3, -0.25) is 0 Å². The van der Waals surface area contributed by atoms with Crippen LogP contribution < -0.4 is 5.73 Å². The zero-order valence-electron chi connectivity index (χ0n) is 9.46. The van der Waals surface area contributed by atoms with Crippen LogP contribution in [-0.4, -0.2) is 0 Å². The first-order valence-corrected chi connectivity index (χ1v) is 5.50. The zero-order chi connectivity index (χ0) is 10.6. The Morgan fingerprint density at radius 1 is 1.21 bits per heavy atom. The molecule has 1 aromatic carbocycles. The zero-order valence-corrected chi connectivity index (χ0v) is 9.46. The van der Waals surface area contributed by atoms with Crippen molar-refractivity contribution in [1.82, 2.24) is 0 Å². The Labute approximate surface area is 87.3 Å². The molecular weight excluding hydrogens is 170 g/mol. The predicted octanol–water partition coefficient (Wildman–Crippen LogP) is 3.29. The molecule has 1 unspecified atom stereocenters. The van der Waals surface area contributed by atoms with Crippen LogP contribution in [0.3, 0.4) is 0 Å². The second-order valence-corrected chi connectivity index (χ2v) is 4.22. The highest BCUT2D eigenvalue weighted by Crippen LogP contribution is 2.23. The van der Waals surface area contributed by atoms with Crippen LogP contribution in [0.5, 0.6) is 0 Å². The van der Waals surface area contributed by atoms with E-state index in [-0.39, 0.29) is 6.04 Å². The fourth-order valence-corrected chi connectivity index (χ4v) is 1.72. The Balaban J connectivity index is 2.94. The quantitative estimate of drug-likeness (QED) is 0.776. The van der Waals surface area contributed by atoms with Gasteiger partial charge in [-0.2, -0.15) is 0 Å². The Kier molecular flexibility index (Phi) is 4.15. The topological polar surface area (TPSA) is 26.0 Å². The third-order valence-corrected chi connectivity index (χ3v) is 2.65. The van der Waals surface area contributed by atoms with E-state index in [0.717, 1.165) is 6.42 Å². The maximum absolute atomic E-state index is 6.17. The van der Waals surface area contributed by atoms with Crippen LogP contribution in [0.4, 0.5) is 0 Å². The molecule has 1 atom stereocenters. The molecule has 0 aliphatic carbocycles. The summed E-state index contributed by atoms with van der Waals surface area (Å²) in [6.07, 6.45) is 2.32. The van der Waals surface area contributed by atoms with E-state index in [1.807, 2.05) is 0 Å². The monoisotopic (exact) mass is 191 g/mol. The molecule has 0 radical (unpaired) electrons. The van der Waals surface area contributed by atoms with E-state index in [4.69, 9.17) is 5.73 Å². The van der Waals surface area contributed by atoms with Crippen molar-refractivity contribution in [2.24, 2.45) is 11.7 Å². The van der Waals surface area contributed by atoms with Gasteiger partial charge < -0.3 is 5.73 Å². The Hall–Kier alpha value is -0.820. The lowest BCUT2D eigenvalue weighted by Crippen LogP contribution is -2.18. The van der Waals surface area contributed by atoms with Crippen LogP contribution in [0.15, 0.2) is 24.3 Å². The molecule has 1 heteroatoms. The molecule has 1 aromatic rings. The summed E-state index contributed by atoms with van der Waals surface area (Å²) in [4.78, 5) is 0. The molecule has 0 amide bonds. The lowest BCUT2D eigenvalue weighted by Gasteiger charge is -2.19. The molecular formula is C13H21N. The summed E-state index contributed by atoms with van der Waals surface area (Å²) in [6.45, 7) is 6.55. The third kappa shape index (κ3) is 2.58. The van der Waals surface area contributed by atoms with Crippen LogP contribution in [-0.2, 0) is 6.42 Å². The fourth-order valence-electron chi connectivity index (χ4n) is 1.72. The summed E-state index contributed by atoms with van der Waals surface area (Å²) in [6, 6.07) is 8.72. The summed E-state index contributed by atoms with van der Waals surface area (Å²) in [5, 5.41) is 0. The third-order valence-electron chi connectivity index (χ3n) is 2.65. The predicted molar refractivity (Wildman–Crippen MR) is 62.2 cm³/mol. The van der Waals surface area contributed by atoms with Crippen molar-refractivity contribution in [2.75, 3.05) is 0 Å². The minimum atomic E-state index is 0.178. The van der Waals surface area contributed by atoms with E-state index in [9.17, 15) is 0 Å². The summed E-state index contributed by atoms with van der Waals surface area (Å²) in [5.74, 6) is 0.507. The molecule has 0 saturated carbocycles. The SMILES string of the molecule is CCCc1ccccc1C(N)C(C)C. The number of benzene rings is 1. The van der Waals surface area contributed by atoms with Gasteiger partial charge >= 0.3 is 0 Å². The maximum Gasteiger partial charge on any atom is 0.0320 e. The van der Waals surface area contributed by atoms with Gasteiger partial charge in [0.2, 0.25) is 0 Å². The van der Waals surface area contributed by atoms with Gasteiger partial charge in [0, 0.05) is 6.04 Å². The minimum Gasteiger partial charge on any atom is -0.324 e. The second-order valence-electron chi connectivity index (χ2n) is 4.22. The molecule has 78 valence electrons. The van der Waals surface area contributed by atoms with Crippen molar-refractivity contribution in [2.45, 2.75) is 39.7 Å². The van der Waals surface area contributed by atoms with Crippen LogP contribution >= 0.6 is 0 Å². The highest BCUT2D eigenvalue weighted by molar-refractivity contribution is 5.30. The van der Waals surface area contributed by atoms with Crippen LogP contribution in [0.2, 0.25) is 0 Å². The van der Waals surface area contributed by atoms with Gasteiger partial charge in [0.15, 0.2) is 0 Å². The molecule has 0 bridgehead atoms. The van der Waals surface area contributed by atoms with E-state index >= 15 is 0 Å². The Morgan fingerprint density at radius 3 is 2.43 bits per heavy atom. The van der Waals surface area contributed by atoms with Crippen molar-refractivity contribution in [3.63, 3.8) is 0 Å². The summed E-state index contributed by atoms with van der Waals surface area (Å²) < 4.78 is 0. The molecule has 1 nitrogen and oxygen atoms in total. The highest BCUT2D eigenvalue weighted by Gasteiger charge is 2.13. The highest BCUT2D eigenvalue weighted by atomic mass is 14.6. The first-order valence-electron chi connectivity index (χ1n) is 5.50. The van der Waals surface area contributed by atoms with E-state index in [1.54, 1.807) is 0 Å². The fraction of sp³-hybridized carbons (Fsp3) is 0.538. The van der Waals surface area contributed by atoms with Gasteiger partial charge in [-0.25, -0.2) is 0 Å².